The Balaban J connectivity index is 2.38. The third kappa shape index (κ3) is 2.94. The predicted molar refractivity (Wildman–Crippen MR) is 51.3 cm³/mol. The number of hydrogen-bond donors (Lipinski definition) is 3. The van der Waals surface area contributed by atoms with Crippen molar-refractivity contribution in [3.05, 3.63) is 0 Å². The normalized spacial score (nSPS) is 29.6. The number of nitrogens with two attached hydrogens (primary N) is 1. The predicted octanol–water partition coefficient (Wildman–Crippen LogP) is -0.805. The molecule has 1 rings (SSSR count). The summed E-state index contributed by atoms with van der Waals surface area (Å²) in [5.41, 5.74) is 5.61. The Morgan fingerprint density at radius 3 is 3.07 bits per heavy atom. The smallest absolute Gasteiger partial charge is 0.322 e. The molecule has 5 heteroatoms. The molecule has 0 radical (unpaired) electrons. The van der Waals surface area contributed by atoms with Crippen LogP contribution in [0.15, 0.2) is 0 Å². The molecule has 82 valence electrons. The van der Waals surface area contributed by atoms with Crippen molar-refractivity contribution < 1.29 is 14.6 Å². The summed E-state index contributed by atoms with van der Waals surface area (Å²) >= 11 is 0. The van der Waals surface area contributed by atoms with E-state index in [1.165, 1.54) is 7.11 Å². The summed E-state index contributed by atoms with van der Waals surface area (Å²) in [7, 11) is 1.32. The minimum atomic E-state index is -0.625. The van der Waals surface area contributed by atoms with Gasteiger partial charge in [0.15, 0.2) is 0 Å². The molecule has 14 heavy (non-hydrogen) atoms. The number of carbonyl (C=O) groups excluding carboxylic acids is 1. The van der Waals surface area contributed by atoms with Crippen LogP contribution in [0.25, 0.3) is 0 Å². The van der Waals surface area contributed by atoms with Crippen LogP contribution in [-0.4, -0.2) is 37.0 Å². The zero-order chi connectivity index (χ0) is 10.6. The molecule has 4 N–H and O–H groups in total. The van der Waals surface area contributed by atoms with Gasteiger partial charge in [-0.15, -0.1) is 0 Å². The van der Waals surface area contributed by atoms with Gasteiger partial charge in [-0.2, -0.15) is 0 Å². The minimum Gasteiger partial charge on any atom is -0.468 e. The lowest BCUT2D eigenvalue weighted by molar-refractivity contribution is -0.143. The molecule has 1 aliphatic heterocycles. The van der Waals surface area contributed by atoms with E-state index in [2.05, 4.69) is 10.1 Å². The molecule has 0 aromatic rings. The van der Waals surface area contributed by atoms with E-state index in [1.54, 1.807) is 0 Å². The van der Waals surface area contributed by atoms with Gasteiger partial charge in [-0.05, 0) is 25.8 Å². The quantitative estimate of drug-likeness (QED) is 0.521. The summed E-state index contributed by atoms with van der Waals surface area (Å²) in [6.45, 7) is 0.825. The topological polar surface area (TPSA) is 84.6 Å². The second-order valence-corrected chi connectivity index (χ2v) is 3.67. The van der Waals surface area contributed by atoms with Crippen LogP contribution < -0.4 is 11.1 Å². The zero-order valence-corrected chi connectivity index (χ0v) is 8.40. The second kappa shape index (κ2) is 5.29. The van der Waals surface area contributed by atoms with Gasteiger partial charge in [0, 0.05) is 5.92 Å². The van der Waals surface area contributed by atoms with Crippen LogP contribution in [0.1, 0.15) is 19.3 Å². The Morgan fingerprint density at radius 2 is 2.50 bits per heavy atom. The van der Waals surface area contributed by atoms with E-state index in [-0.39, 0.29) is 5.92 Å². The molecule has 0 saturated carbocycles. The molecule has 1 unspecified atom stereocenters. The summed E-state index contributed by atoms with van der Waals surface area (Å²) in [5.74, 6) is -0.361. The van der Waals surface area contributed by atoms with E-state index in [4.69, 9.17) is 5.73 Å². The molecular weight excluding hydrogens is 184 g/mol. The largest absolute Gasteiger partial charge is 0.468 e. The van der Waals surface area contributed by atoms with Crippen molar-refractivity contribution in [2.45, 2.75) is 31.5 Å². The number of aliphatic hydroxyl groups is 1. The maximum Gasteiger partial charge on any atom is 0.322 e. The van der Waals surface area contributed by atoms with Gasteiger partial charge in [0.05, 0.1) is 7.11 Å². The molecule has 0 aliphatic carbocycles. The SMILES string of the molecule is COC(=O)[C@@H](N)C[C@@H]1CCCNC1O. The highest BCUT2D eigenvalue weighted by Gasteiger charge is 2.27. The van der Waals surface area contributed by atoms with E-state index < -0.39 is 18.2 Å². The Kier molecular flexibility index (Phi) is 4.31. The highest BCUT2D eigenvalue weighted by Crippen LogP contribution is 2.19. The van der Waals surface area contributed by atoms with Gasteiger partial charge in [-0.1, -0.05) is 0 Å². The van der Waals surface area contributed by atoms with Crippen molar-refractivity contribution >= 4 is 5.97 Å². The molecule has 0 amide bonds. The summed E-state index contributed by atoms with van der Waals surface area (Å²) in [5, 5.41) is 12.5. The van der Waals surface area contributed by atoms with Crippen molar-refractivity contribution in [1.82, 2.24) is 5.32 Å². The summed E-state index contributed by atoms with van der Waals surface area (Å²) in [6, 6.07) is -0.625. The van der Waals surface area contributed by atoms with Gasteiger partial charge in [-0.25, -0.2) is 0 Å². The number of hydrogen-bond acceptors (Lipinski definition) is 5. The van der Waals surface area contributed by atoms with E-state index in [0.717, 1.165) is 19.4 Å². The summed E-state index contributed by atoms with van der Waals surface area (Å²) in [6.07, 6.45) is 1.84. The Morgan fingerprint density at radius 1 is 1.79 bits per heavy atom. The lowest BCUT2D eigenvalue weighted by atomic mass is 9.91. The first kappa shape index (κ1) is 11.4. The molecule has 1 aliphatic rings. The monoisotopic (exact) mass is 202 g/mol. The fourth-order valence-electron chi connectivity index (χ4n) is 1.76. The van der Waals surface area contributed by atoms with Crippen LogP contribution in [0.4, 0.5) is 0 Å². The van der Waals surface area contributed by atoms with Crippen molar-refractivity contribution in [3.63, 3.8) is 0 Å². The van der Waals surface area contributed by atoms with Crippen LogP contribution in [0, 0.1) is 5.92 Å². The molecule has 0 bridgehead atoms. The first-order valence-electron chi connectivity index (χ1n) is 4.90. The van der Waals surface area contributed by atoms with Gasteiger partial charge in [-0.3, -0.25) is 10.1 Å². The number of piperidine rings is 1. The number of rotatable bonds is 3. The van der Waals surface area contributed by atoms with Crippen LogP contribution in [0.5, 0.6) is 0 Å². The highest BCUT2D eigenvalue weighted by molar-refractivity contribution is 5.75. The van der Waals surface area contributed by atoms with E-state index in [1.807, 2.05) is 0 Å². The average molecular weight is 202 g/mol. The lowest BCUT2D eigenvalue weighted by Gasteiger charge is -2.29. The number of ether oxygens (including phenoxy) is 1. The van der Waals surface area contributed by atoms with Gasteiger partial charge >= 0.3 is 5.97 Å². The lowest BCUT2D eigenvalue weighted by Crippen LogP contribution is -2.45. The molecular formula is C9H18N2O3. The fraction of sp³-hybridized carbons (Fsp3) is 0.889. The first-order chi connectivity index (χ1) is 6.65. The molecule has 0 aromatic heterocycles. The third-order valence-corrected chi connectivity index (χ3v) is 2.61. The highest BCUT2D eigenvalue weighted by atomic mass is 16.5. The number of carbonyl (C=O) groups is 1. The molecule has 5 nitrogen and oxygen atoms in total. The summed E-state index contributed by atoms with van der Waals surface area (Å²) in [4.78, 5) is 11.0. The van der Waals surface area contributed by atoms with Gasteiger partial charge < -0.3 is 15.6 Å². The van der Waals surface area contributed by atoms with Crippen molar-refractivity contribution in [2.75, 3.05) is 13.7 Å². The van der Waals surface area contributed by atoms with E-state index in [9.17, 15) is 9.90 Å². The number of nitrogens with one attached hydrogen (secondary N) is 1. The van der Waals surface area contributed by atoms with E-state index in [0.29, 0.717) is 6.42 Å². The zero-order valence-electron chi connectivity index (χ0n) is 8.40. The third-order valence-electron chi connectivity index (χ3n) is 2.61. The number of esters is 1. The van der Waals surface area contributed by atoms with Crippen molar-refractivity contribution in [3.8, 4) is 0 Å². The Hall–Kier alpha value is -0.650. The average Bonchev–Trinajstić information content (AvgIpc) is 2.20. The minimum absolute atomic E-state index is 0.0536. The first-order valence-corrected chi connectivity index (χ1v) is 4.90. The van der Waals surface area contributed by atoms with Crippen molar-refractivity contribution in [2.24, 2.45) is 11.7 Å². The van der Waals surface area contributed by atoms with Crippen LogP contribution in [0.2, 0.25) is 0 Å². The maximum absolute atomic E-state index is 11.0. The van der Waals surface area contributed by atoms with Crippen LogP contribution >= 0.6 is 0 Å². The van der Waals surface area contributed by atoms with Crippen LogP contribution in [0.3, 0.4) is 0 Å². The number of methoxy groups -OCH3 is 1. The molecule has 1 fully saturated rings. The Bertz CT molecular complexity index is 198. The van der Waals surface area contributed by atoms with Gasteiger partial charge in [0.1, 0.15) is 12.3 Å². The molecule has 3 atom stereocenters. The molecule has 1 saturated heterocycles. The van der Waals surface area contributed by atoms with Gasteiger partial charge in [0.2, 0.25) is 0 Å². The fourth-order valence-corrected chi connectivity index (χ4v) is 1.76. The number of aliphatic hydroxyl groups excluding tert-OH is 1. The molecule has 1 heterocycles. The van der Waals surface area contributed by atoms with Crippen LogP contribution in [-0.2, 0) is 9.53 Å². The molecule has 0 spiro atoms. The molecule has 0 aromatic carbocycles. The Labute approximate surface area is 83.6 Å². The van der Waals surface area contributed by atoms with Crippen molar-refractivity contribution in [1.29, 1.82) is 0 Å². The van der Waals surface area contributed by atoms with Gasteiger partial charge in [0.25, 0.3) is 0 Å². The second-order valence-electron chi connectivity index (χ2n) is 3.67. The standard InChI is InChI=1S/C9H18N2O3/c1-14-9(13)7(10)5-6-3-2-4-11-8(6)12/h6-8,11-12H,2-5,10H2,1H3/t6-,7-,8?/m0/s1. The maximum atomic E-state index is 11.0. The summed E-state index contributed by atoms with van der Waals surface area (Å²) < 4.78 is 4.52. The van der Waals surface area contributed by atoms with E-state index >= 15 is 0 Å².